The summed E-state index contributed by atoms with van der Waals surface area (Å²) in [5.41, 5.74) is 2.31. The smallest absolute Gasteiger partial charge is 0.0540 e. The predicted octanol–water partition coefficient (Wildman–Crippen LogP) is 2.60. The molecule has 104 valence electrons. The second-order valence-electron chi connectivity index (χ2n) is 4.70. The van der Waals surface area contributed by atoms with E-state index in [2.05, 4.69) is 49.1 Å². The van der Waals surface area contributed by atoms with E-state index in [0.29, 0.717) is 12.5 Å². The van der Waals surface area contributed by atoms with E-state index in [9.17, 15) is 0 Å². The van der Waals surface area contributed by atoms with E-state index < -0.39 is 0 Å². The SMILES string of the molecule is CSCC(C)N(C)Cc1cccc(C#CCCO)c1. The van der Waals surface area contributed by atoms with Gasteiger partial charge in [-0.1, -0.05) is 24.0 Å². The summed E-state index contributed by atoms with van der Waals surface area (Å²) >= 11 is 1.88. The highest BCUT2D eigenvalue weighted by Gasteiger charge is 2.08. The molecule has 0 aliphatic rings. The Morgan fingerprint density at radius 1 is 1.42 bits per heavy atom. The van der Waals surface area contributed by atoms with E-state index in [-0.39, 0.29) is 6.61 Å². The van der Waals surface area contributed by atoms with Crippen molar-refractivity contribution in [2.75, 3.05) is 25.7 Å². The van der Waals surface area contributed by atoms with Gasteiger partial charge in [-0.3, -0.25) is 4.90 Å². The zero-order valence-electron chi connectivity index (χ0n) is 12.0. The molecule has 0 saturated heterocycles. The molecule has 1 N–H and O–H groups in total. The average Bonchev–Trinajstić information content (AvgIpc) is 2.40. The van der Waals surface area contributed by atoms with Gasteiger partial charge in [0.1, 0.15) is 0 Å². The van der Waals surface area contributed by atoms with Gasteiger partial charge in [-0.05, 0) is 37.9 Å². The Bertz CT molecular complexity index is 436. The predicted molar refractivity (Wildman–Crippen MR) is 84.3 cm³/mol. The van der Waals surface area contributed by atoms with Crippen molar-refractivity contribution in [1.82, 2.24) is 4.90 Å². The van der Waals surface area contributed by atoms with Crippen LogP contribution >= 0.6 is 11.8 Å². The van der Waals surface area contributed by atoms with Crippen LogP contribution in [0.1, 0.15) is 24.5 Å². The van der Waals surface area contributed by atoms with Crippen LogP contribution in [0.3, 0.4) is 0 Å². The Hall–Kier alpha value is -0.950. The first-order valence-corrected chi connectivity index (χ1v) is 7.94. The topological polar surface area (TPSA) is 23.5 Å². The Morgan fingerprint density at radius 2 is 2.21 bits per heavy atom. The zero-order valence-corrected chi connectivity index (χ0v) is 12.8. The second kappa shape index (κ2) is 9.03. The third-order valence-corrected chi connectivity index (χ3v) is 3.80. The van der Waals surface area contributed by atoms with E-state index in [1.165, 1.54) is 5.56 Å². The monoisotopic (exact) mass is 277 g/mol. The van der Waals surface area contributed by atoms with Gasteiger partial charge >= 0.3 is 0 Å². The lowest BCUT2D eigenvalue weighted by Gasteiger charge is -2.24. The summed E-state index contributed by atoms with van der Waals surface area (Å²) in [5.74, 6) is 7.18. The third-order valence-electron chi connectivity index (χ3n) is 2.99. The van der Waals surface area contributed by atoms with Gasteiger partial charge in [0.05, 0.1) is 6.61 Å². The molecular formula is C16H23NOS. The van der Waals surface area contributed by atoms with Crippen molar-refractivity contribution in [2.45, 2.75) is 25.9 Å². The van der Waals surface area contributed by atoms with Crippen LogP contribution in [0.4, 0.5) is 0 Å². The van der Waals surface area contributed by atoms with Gasteiger partial charge in [-0.2, -0.15) is 11.8 Å². The van der Waals surface area contributed by atoms with Crippen molar-refractivity contribution in [2.24, 2.45) is 0 Å². The number of nitrogens with zero attached hydrogens (tertiary/aromatic N) is 1. The molecule has 0 aromatic heterocycles. The molecule has 0 amide bonds. The number of aliphatic hydroxyl groups is 1. The number of hydrogen-bond acceptors (Lipinski definition) is 3. The molecule has 3 heteroatoms. The molecule has 1 unspecified atom stereocenters. The summed E-state index contributed by atoms with van der Waals surface area (Å²) in [7, 11) is 2.16. The van der Waals surface area contributed by atoms with Gasteiger partial charge < -0.3 is 5.11 Å². The highest BCUT2D eigenvalue weighted by molar-refractivity contribution is 7.98. The van der Waals surface area contributed by atoms with Crippen LogP contribution in [-0.2, 0) is 6.54 Å². The summed E-state index contributed by atoms with van der Waals surface area (Å²) in [6.45, 7) is 3.32. The quantitative estimate of drug-likeness (QED) is 0.809. The molecule has 0 saturated carbocycles. The first-order valence-electron chi connectivity index (χ1n) is 6.55. The molecule has 2 nitrogen and oxygen atoms in total. The van der Waals surface area contributed by atoms with Crippen LogP contribution in [0.15, 0.2) is 24.3 Å². The Balaban J connectivity index is 2.64. The number of thioether (sulfide) groups is 1. The fourth-order valence-corrected chi connectivity index (χ4v) is 2.52. The van der Waals surface area contributed by atoms with Gasteiger partial charge in [0.25, 0.3) is 0 Å². The first kappa shape index (κ1) is 16.1. The summed E-state index contributed by atoms with van der Waals surface area (Å²) in [6, 6.07) is 8.90. The highest BCUT2D eigenvalue weighted by Crippen LogP contribution is 2.11. The molecule has 0 bridgehead atoms. The molecule has 1 atom stereocenters. The van der Waals surface area contributed by atoms with E-state index in [4.69, 9.17) is 5.11 Å². The number of benzene rings is 1. The number of rotatable bonds is 6. The lowest BCUT2D eigenvalue weighted by molar-refractivity contribution is 0.270. The van der Waals surface area contributed by atoms with E-state index in [1.807, 2.05) is 23.9 Å². The van der Waals surface area contributed by atoms with Crippen molar-refractivity contribution in [3.63, 3.8) is 0 Å². The van der Waals surface area contributed by atoms with E-state index in [1.54, 1.807) is 0 Å². The molecule has 1 rings (SSSR count). The molecule has 0 aliphatic heterocycles. The molecule has 0 spiro atoms. The molecule has 1 aromatic rings. The van der Waals surface area contributed by atoms with Crippen LogP contribution in [0.5, 0.6) is 0 Å². The van der Waals surface area contributed by atoms with E-state index in [0.717, 1.165) is 17.9 Å². The van der Waals surface area contributed by atoms with Crippen molar-refractivity contribution in [3.8, 4) is 11.8 Å². The second-order valence-corrected chi connectivity index (χ2v) is 5.61. The molecular weight excluding hydrogens is 254 g/mol. The van der Waals surface area contributed by atoms with Crippen molar-refractivity contribution in [1.29, 1.82) is 0 Å². The van der Waals surface area contributed by atoms with Crippen LogP contribution in [0.25, 0.3) is 0 Å². The Labute approximate surface area is 121 Å². The van der Waals surface area contributed by atoms with Crippen molar-refractivity contribution >= 4 is 11.8 Å². The lowest BCUT2D eigenvalue weighted by atomic mass is 10.1. The summed E-state index contributed by atoms with van der Waals surface area (Å²) in [4.78, 5) is 2.36. The van der Waals surface area contributed by atoms with Gasteiger partial charge in [0, 0.05) is 30.3 Å². The first-order chi connectivity index (χ1) is 9.17. The van der Waals surface area contributed by atoms with Crippen molar-refractivity contribution < 1.29 is 5.11 Å². The standard InChI is InChI=1S/C16H23NOS/c1-14(13-19-3)17(2)12-16-9-6-8-15(11-16)7-4-5-10-18/h6,8-9,11,14,18H,5,10,12-13H2,1-3H3. The van der Waals surface area contributed by atoms with E-state index >= 15 is 0 Å². The molecule has 0 fully saturated rings. The minimum atomic E-state index is 0.127. The Morgan fingerprint density at radius 3 is 2.89 bits per heavy atom. The zero-order chi connectivity index (χ0) is 14.1. The summed E-state index contributed by atoms with van der Waals surface area (Å²) in [5, 5.41) is 8.72. The summed E-state index contributed by atoms with van der Waals surface area (Å²) in [6.07, 6.45) is 2.68. The fourth-order valence-electron chi connectivity index (χ4n) is 1.78. The maximum atomic E-state index is 8.72. The fraction of sp³-hybridized carbons (Fsp3) is 0.500. The third kappa shape index (κ3) is 6.15. The average molecular weight is 277 g/mol. The van der Waals surface area contributed by atoms with Gasteiger partial charge in [0.2, 0.25) is 0 Å². The van der Waals surface area contributed by atoms with Gasteiger partial charge in [-0.25, -0.2) is 0 Å². The number of aliphatic hydroxyl groups excluding tert-OH is 1. The van der Waals surface area contributed by atoms with Gasteiger partial charge in [-0.15, -0.1) is 0 Å². The molecule has 0 aliphatic carbocycles. The number of hydrogen-bond donors (Lipinski definition) is 1. The largest absolute Gasteiger partial charge is 0.395 e. The van der Waals surface area contributed by atoms with Crippen LogP contribution < -0.4 is 0 Å². The summed E-state index contributed by atoms with van der Waals surface area (Å²) < 4.78 is 0. The Kier molecular flexibility index (Phi) is 7.66. The molecule has 1 aromatic carbocycles. The normalized spacial score (nSPS) is 12.1. The van der Waals surface area contributed by atoms with Crippen LogP contribution in [-0.4, -0.2) is 41.7 Å². The molecule has 0 radical (unpaired) electrons. The minimum absolute atomic E-state index is 0.127. The maximum absolute atomic E-state index is 8.72. The van der Waals surface area contributed by atoms with Crippen LogP contribution in [0.2, 0.25) is 0 Å². The van der Waals surface area contributed by atoms with Gasteiger partial charge in [0.15, 0.2) is 0 Å². The molecule has 0 heterocycles. The minimum Gasteiger partial charge on any atom is -0.395 e. The van der Waals surface area contributed by atoms with Crippen molar-refractivity contribution in [3.05, 3.63) is 35.4 Å². The van der Waals surface area contributed by atoms with Crippen LogP contribution in [0, 0.1) is 11.8 Å². The lowest BCUT2D eigenvalue weighted by Crippen LogP contribution is -2.30. The molecule has 19 heavy (non-hydrogen) atoms. The highest BCUT2D eigenvalue weighted by atomic mass is 32.2. The maximum Gasteiger partial charge on any atom is 0.0540 e.